The van der Waals surface area contributed by atoms with Gasteiger partial charge in [-0.15, -0.1) is 0 Å². The maximum absolute atomic E-state index is 13.3. The van der Waals surface area contributed by atoms with Gasteiger partial charge in [-0.2, -0.15) is 0 Å². The molecule has 180 valence electrons. The number of hydrogen-bond donors (Lipinski definition) is 1. The third-order valence-electron chi connectivity index (χ3n) is 6.79. The van der Waals surface area contributed by atoms with Crippen molar-refractivity contribution in [2.24, 2.45) is 0 Å². The number of amides is 1. The van der Waals surface area contributed by atoms with Gasteiger partial charge in [0.05, 0.1) is 17.9 Å². The Morgan fingerprint density at radius 3 is 2.66 bits per heavy atom. The van der Waals surface area contributed by atoms with Crippen molar-refractivity contribution in [1.82, 2.24) is 14.5 Å². The van der Waals surface area contributed by atoms with Crippen molar-refractivity contribution in [3.8, 4) is 5.75 Å². The minimum atomic E-state index is -0.653. The molecule has 1 N–H and O–H groups in total. The SMILES string of the molecule is CCc1ccc([C@@H]2C(=C(O)c3ccc4c(c3)C[C@H](C)O4)C(=O)C(=O)N2CCCn2ccnc2)cc1. The average Bonchev–Trinajstić information content (AvgIpc) is 3.57. The first kappa shape index (κ1) is 22.9. The molecule has 0 aliphatic carbocycles. The van der Waals surface area contributed by atoms with E-state index in [0.29, 0.717) is 25.1 Å². The fraction of sp³-hybridized carbons (Fsp3) is 0.321. The zero-order chi connectivity index (χ0) is 24.5. The number of aryl methyl sites for hydroxylation is 2. The minimum Gasteiger partial charge on any atom is -0.507 e. The Bertz CT molecular complexity index is 1280. The maximum Gasteiger partial charge on any atom is 0.295 e. The molecule has 3 heterocycles. The Labute approximate surface area is 204 Å². The van der Waals surface area contributed by atoms with Crippen molar-refractivity contribution in [2.75, 3.05) is 6.54 Å². The highest BCUT2D eigenvalue weighted by atomic mass is 16.5. The van der Waals surface area contributed by atoms with Crippen LogP contribution in [0.1, 0.15) is 48.6 Å². The smallest absolute Gasteiger partial charge is 0.295 e. The van der Waals surface area contributed by atoms with Crippen molar-refractivity contribution in [2.45, 2.75) is 51.8 Å². The predicted octanol–water partition coefficient (Wildman–Crippen LogP) is 4.28. The second-order valence-electron chi connectivity index (χ2n) is 9.20. The molecule has 2 atom stereocenters. The molecule has 1 aromatic heterocycles. The summed E-state index contributed by atoms with van der Waals surface area (Å²) in [5.41, 5.74) is 3.61. The van der Waals surface area contributed by atoms with Crippen LogP contribution in [0.25, 0.3) is 5.76 Å². The van der Waals surface area contributed by atoms with E-state index in [2.05, 4.69) is 11.9 Å². The zero-order valence-corrected chi connectivity index (χ0v) is 20.0. The number of ketones is 1. The number of Topliss-reactive ketones (excluding diaryl/α,β-unsaturated/α-hetero) is 1. The van der Waals surface area contributed by atoms with Crippen LogP contribution in [-0.4, -0.2) is 43.9 Å². The maximum atomic E-state index is 13.3. The predicted molar refractivity (Wildman–Crippen MR) is 132 cm³/mol. The largest absolute Gasteiger partial charge is 0.507 e. The number of carbonyl (C=O) groups excluding carboxylic acids is 2. The van der Waals surface area contributed by atoms with E-state index >= 15 is 0 Å². The van der Waals surface area contributed by atoms with Crippen LogP contribution in [0.5, 0.6) is 5.75 Å². The van der Waals surface area contributed by atoms with Gasteiger partial charge in [-0.05, 0) is 54.7 Å². The summed E-state index contributed by atoms with van der Waals surface area (Å²) in [4.78, 5) is 32.1. The normalized spacial score (nSPS) is 20.8. The van der Waals surface area contributed by atoms with Crippen molar-refractivity contribution in [3.05, 3.63) is 89.0 Å². The second kappa shape index (κ2) is 9.41. The van der Waals surface area contributed by atoms with Crippen molar-refractivity contribution in [1.29, 1.82) is 0 Å². The molecule has 3 aromatic rings. The second-order valence-corrected chi connectivity index (χ2v) is 9.20. The molecular formula is C28H29N3O4. The van der Waals surface area contributed by atoms with Crippen LogP contribution < -0.4 is 4.74 Å². The van der Waals surface area contributed by atoms with Gasteiger partial charge in [-0.1, -0.05) is 31.2 Å². The monoisotopic (exact) mass is 471 g/mol. The van der Waals surface area contributed by atoms with Crippen LogP contribution in [0, 0.1) is 0 Å². The molecule has 2 aromatic carbocycles. The van der Waals surface area contributed by atoms with Gasteiger partial charge in [0.1, 0.15) is 17.6 Å². The summed E-state index contributed by atoms with van der Waals surface area (Å²) < 4.78 is 7.72. The molecule has 2 aliphatic rings. The van der Waals surface area contributed by atoms with Crippen molar-refractivity contribution >= 4 is 17.4 Å². The first-order valence-electron chi connectivity index (χ1n) is 12.1. The van der Waals surface area contributed by atoms with Crippen LogP contribution in [-0.2, 0) is 29.0 Å². The zero-order valence-electron chi connectivity index (χ0n) is 20.0. The van der Waals surface area contributed by atoms with E-state index in [4.69, 9.17) is 4.74 Å². The van der Waals surface area contributed by atoms with E-state index in [1.165, 1.54) is 5.56 Å². The van der Waals surface area contributed by atoms with Gasteiger partial charge in [0.25, 0.3) is 11.7 Å². The first-order valence-corrected chi connectivity index (χ1v) is 12.1. The molecule has 0 bridgehead atoms. The van der Waals surface area contributed by atoms with Gasteiger partial charge in [-0.3, -0.25) is 9.59 Å². The number of nitrogens with zero attached hydrogens (tertiary/aromatic N) is 3. The molecule has 1 amide bonds. The fourth-order valence-electron chi connectivity index (χ4n) is 4.96. The quantitative estimate of drug-likeness (QED) is 0.316. The lowest BCUT2D eigenvalue weighted by molar-refractivity contribution is -0.139. The molecule has 7 heteroatoms. The molecule has 5 rings (SSSR count). The summed E-state index contributed by atoms with van der Waals surface area (Å²) in [5, 5.41) is 11.4. The van der Waals surface area contributed by atoms with Gasteiger partial charge in [-0.25, -0.2) is 4.98 Å². The van der Waals surface area contributed by atoms with E-state index in [-0.39, 0.29) is 17.4 Å². The summed E-state index contributed by atoms with van der Waals surface area (Å²) in [5.74, 6) is -0.590. The Hall–Kier alpha value is -3.87. The van der Waals surface area contributed by atoms with E-state index in [1.807, 2.05) is 54.1 Å². The standard InChI is InChI=1S/C28H29N3O4/c1-3-19-5-7-20(8-6-19)25-24(26(32)21-9-10-23-22(16-21)15-18(2)35-23)27(33)28(34)31(25)13-4-12-30-14-11-29-17-30/h5-11,14,16-18,25,32H,3-4,12-13,15H2,1-2H3/t18-,25+/m0/s1. The number of rotatable bonds is 7. The molecule has 1 saturated heterocycles. The van der Waals surface area contributed by atoms with E-state index in [0.717, 1.165) is 29.7 Å². The van der Waals surface area contributed by atoms with Crippen molar-refractivity contribution < 1.29 is 19.4 Å². The lowest BCUT2D eigenvalue weighted by Crippen LogP contribution is -2.31. The minimum absolute atomic E-state index is 0.0700. The summed E-state index contributed by atoms with van der Waals surface area (Å²) in [7, 11) is 0. The summed E-state index contributed by atoms with van der Waals surface area (Å²) in [6, 6.07) is 12.7. The summed E-state index contributed by atoms with van der Waals surface area (Å²) >= 11 is 0. The Balaban J connectivity index is 1.53. The van der Waals surface area contributed by atoms with Crippen LogP contribution in [0.2, 0.25) is 0 Å². The number of carbonyl (C=O) groups is 2. The van der Waals surface area contributed by atoms with E-state index < -0.39 is 17.7 Å². The fourth-order valence-corrected chi connectivity index (χ4v) is 4.96. The number of aliphatic hydroxyl groups excluding tert-OH is 1. The molecule has 35 heavy (non-hydrogen) atoms. The number of imidazole rings is 1. The third kappa shape index (κ3) is 4.34. The first-order chi connectivity index (χ1) is 17.0. The van der Waals surface area contributed by atoms with Gasteiger partial charge in [0, 0.05) is 37.5 Å². The average molecular weight is 472 g/mol. The van der Waals surface area contributed by atoms with Crippen LogP contribution in [0.3, 0.4) is 0 Å². The number of hydrogen-bond acceptors (Lipinski definition) is 5. The number of aliphatic hydroxyl groups is 1. The molecule has 0 spiro atoms. The van der Waals surface area contributed by atoms with Gasteiger partial charge < -0.3 is 19.3 Å². The summed E-state index contributed by atoms with van der Waals surface area (Å²) in [6.45, 7) is 5.13. The van der Waals surface area contributed by atoms with Crippen LogP contribution in [0.4, 0.5) is 0 Å². The Morgan fingerprint density at radius 2 is 1.94 bits per heavy atom. The highest BCUT2D eigenvalue weighted by Crippen LogP contribution is 2.40. The number of fused-ring (bicyclic) bond motifs is 1. The molecule has 0 radical (unpaired) electrons. The van der Waals surface area contributed by atoms with Gasteiger partial charge in [0.2, 0.25) is 0 Å². The van der Waals surface area contributed by atoms with Crippen molar-refractivity contribution in [3.63, 3.8) is 0 Å². The Morgan fingerprint density at radius 1 is 1.14 bits per heavy atom. The Kier molecular flexibility index (Phi) is 6.16. The number of aromatic nitrogens is 2. The van der Waals surface area contributed by atoms with E-state index in [9.17, 15) is 14.7 Å². The molecule has 2 aliphatic heterocycles. The molecule has 0 unspecified atom stereocenters. The lowest BCUT2D eigenvalue weighted by Gasteiger charge is -2.25. The highest BCUT2D eigenvalue weighted by Gasteiger charge is 2.45. The highest BCUT2D eigenvalue weighted by molar-refractivity contribution is 6.46. The molecule has 1 fully saturated rings. The van der Waals surface area contributed by atoms with E-state index in [1.54, 1.807) is 23.5 Å². The molecule has 0 saturated carbocycles. The summed E-state index contributed by atoms with van der Waals surface area (Å²) in [6.07, 6.45) is 7.66. The number of benzene rings is 2. The van der Waals surface area contributed by atoms with Crippen LogP contribution in [0.15, 0.2) is 66.8 Å². The number of likely N-dealkylation sites (tertiary alicyclic amines) is 1. The van der Waals surface area contributed by atoms with Gasteiger partial charge >= 0.3 is 0 Å². The molecular weight excluding hydrogens is 442 g/mol. The molecule has 7 nitrogen and oxygen atoms in total. The van der Waals surface area contributed by atoms with Gasteiger partial charge in [0.15, 0.2) is 0 Å². The lowest BCUT2D eigenvalue weighted by atomic mass is 9.93. The van der Waals surface area contributed by atoms with Crippen LogP contribution >= 0.6 is 0 Å². The third-order valence-corrected chi connectivity index (χ3v) is 6.79. The topological polar surface area (TPSA) is 84.7 Å². The number of ether oxygens (including phenoxy) is 1.